The van der Waals surface area contributed by atoms with Gasteiger partial charge in [-0.2, -0.15) is 0 Å². The van der Waals surface area contributed by atoms with Crippen LogP contribution in [0.25, 0.3) is 44.8 Å². The van der Waals surface area contributed by atoms with Crippen molar-refractivity contribution in [1.82, 2.24) is 35.1 Å². The van der Waals surface area contributed by atoms with E-state index in [2.05, 4.69) is 15.3 Å². The van der Waals surface area contributed by atoms with Crippen LogP contribution in [0.5, 0.6) is 0 Å². The lowest BCUT2D eigenvalue weighted by atomic mass is 9.91. The molecule has 14 nitrogen and oxygen atoms in total. The Morgan fingerprint density at radius 2 is 1.42 bits per heavy atom. The molecule has 9 rings (SSSR count). The summed E-state index contributed by atoms with van der Waals surface area (Å²) in [4.78, 5) is 73.0. The van der Waals surface area contributed by atoms with Crippen LogP contribution in [0.2, 0.25) is 0 Å². The summed E-state index contributed by atoms with van der Waals surface area (Å²) in [6.45, 7) is 1.12. The molecule has 0 bridgehead atoms. The van der Waals surface area contributed by atoms with Crippen LogP contribution in [-0.2, 0) is 23.9 Å². The summed E-state index contributed by atoms with van der Waals surface area (Å²) in [5, 5.41) is 3.64. The maximum atomic E-state index is 14.1. The van der Waals surface area contributed by atoms with Gasteiger partial charge in [0.05, 0.1) is 56.2 Å². The van der Waals surface area contributed by atoms with Crippen LogP contribution in [0, 0.1) is 0 Å². The lowest BCUT2D eigenvalue weighted by Crippen LogP contribution is -2.42. The third-order valence-corrected chi connectivity index (χ3v) is 12.4. The van der Waals surface area contributed by atoms with Gasteiger partial charge >= 0.3 is 12.1 Å². The zero-order valence-electron chi connectivity index (χ0n) is 35.7. The molecule has 0 radical (unpaired) electrons. The van der Waals surface area contributed by atoms with E-state index in [9.17, 15) is 19.2 Å². The Morgan fingerprint density at radius 1 is 0.750 bits per heavy atom. The van der Waals surface area contributed by atoms with Crippen molar-refractivity contribution in [2.24, 2.45) is 0 Å². The normalized spacial score (nSPS) is 17.2. The number of aromatic amines is 2. The van der Waals surface area contributed by atoms with Crippen LogP contribution >= 0.6 is 0 Å². The number of benzene rings is 4. The highest BCUT2D eigenvalue weighted by Crippen LogP contribution is 2.38. The van der Waals surface area contributed by atoms with Crippen molar-refractivity contribution in [3.63, 3.8) is 0 Å². The molecule has 0 spiro atoms. The second-order valence-corrected chi connectivity index (χ2v) is 16.2. The minimum Gasteiger partial charge on any atom is -0.469 e. The Balaban J connectivity index is 0.890. The Labute approximate surface area is 370 Å². The first-order chi connectivity index (χ1) is 31.3. The predicted molar refractivity (Wildman–Crippen MR) is 239 cm³/mol. The maximum Gasteiger partial charge on any atom is 0.407 e. The number of esters is 1. The largest absolute Gasteiger partial charge is 0.469 e. The van der Waals surface area contributed by atoms with Crippen molar-refractivity contribution in [3.8, 4) is 33.8 Å². The highest BCUT2D eigenvalue weighted by molar-refractivity contribution is 5.90. The Hall–Kier alpha value is -7.48. The highest BCUT2D eigenvalue weighted by Gasteiger charge is 2.38. The van der Waals surface area contributed by atoms with Gasteiger partial charge in [0.25, 0.3) is 5.91 Å². The van der Waals surface area contributed by atoms with E-state index < -0.39 is 24.0 Å². The Bertz CT molecular complexity index is 2760. The van der Waals surface area contributed by atoms with Gasteiger partial charge in [0.15, 0.2) is 0 Å². The molecule has 3 aromatic heterocycles. The van der Waals surface area contributed by atoms with Crippen LogP contribution in [0.3, 0.4) is 0 Å². The van der Waals surface area contributed by atoms with Gasteiger partial charge in [0.2, 0.25) is 5.91 Å². The molecule has 2 fully saturated rings. The Kier molecular flexibility index (Phi) is 12.1. The van der Waals surface area contributed by atoms with Gasteiger partial charge in [-0.3, -0.25) is 14.4 Å². The third kappa shape index (κ3) is 8.63. The smallest absolute Gasteiger partial charge is 0.407 e. The zero-order valence-corrected chi connectivity index (χ0v) is 35.7. The second kappa shape index (κ2) is 18.5. The minimum atomic E-state index is -0.895. The molecule has 4 atom stereocenters. The summed E-state index contributed by atoms with van der Waals surface area (Å²) in [6, 6.07) is 33.2. The number of aromatic nitrogens is 4. The SMILES string of the molecule is COC(=O)C[C@@H](C(=O)N1CCCC[C@H]1c1ncc(-c2ccc(-c3cc4cc(-c5c[nH]c([C@@H]6CCCN6C(=O)[C@H](NC(=O)OC)c6ccccc6)n5)ccc4o3)cc2)[nH]1)c1ccccc1. The third-order valence-electron chi connectivity index (χ3n) is 12.4. The van der Waals surface area contributed by atoms with Gasteiger partial charge in [-0.1, -0.05) is 84.9 Å². The Morgan fingerprint density at radius 3 is 2.17 bits per heavy atom. The van der Waals surface area contributed by atoms with E-state index in [1.54, 1.807) is 11.1 Å². The summed E-state index contributed by atoms with van der Waals surface area (Å²) in [6.07, 6.45) is 7.10. The number of likely N-dealkylation sites (tertiary alicyclic amines) is 2. The van der Waals surface area contributed by atoms with Crippen molar-refractivity contribution in [1.29, 1.82) is 0 Å². The van der Waals surface area contributed by atoms with Gasteiger partial charge in [-0.25, -0.2) is 14.8 Å². The molecule has 64 heavy (non-hydrogen) atoms. The van der Waals surface area contributed by atoms with E-state index in [0.717, 1.165) is 82.5 Å². The predicted octanol–water partition coefficient (Wildman–Crippen LogP) is 9.04. The standard InChI is InChI=1S/C50H49N7O7/c1-62-44(58)28-37(31-12-5-3-6-13-31)48(59)56-24-10-9-16-40(56)46-51-29-38(53-46)32-18-20-33(21-19-32)43-27-36-26-35(22-23-42(36)64-43)39-30-52-47(54-39)41-17-11-25-57(41)49(60)45(55-50(61)63-2)34-14-7-4-8-15-34/h3-8,12-15,18-23,26-27,29-30,37,40-41,45H,9-11,16-17,24-25,28H2,1-2H3,(H,51,53)(H,52,54)(H,55,61)/t37-,40+,41+,45-/m1/s1. The number of H-pyrrole nitrogens is 2. The fourth-order valence-corrected chi connectivity index (χ4v) is 9.02. The van der Waals surface area contributed by atoms with Crippen molar-refractivity contribution in [2.45, 2.75) is 62.6 Å². The van der Waals surface area contributed by atoms with Gasteiger partial charge in [-0.15, -0.1) is 0 Å². The van der Waals surface area contributed by atoms with E-state index in [0.29, 0.717) is 30.3 Å². The summed E-state index contributed by atoms with van der Waals surface area (Å²) in [5.74, 6) is 0.711. The summed E-state index contributed by atoms with van der Waals surface area (Å²) < 4.78 is 16.1. The number of fused-ring (bicyclic) bond motifs is 1. The molecule has 2 saturated heterocycles. The number of furan rings is 1. The number of nitrogens with one attached hydrogen (secondary N) is 3. The average molecular weight is 860 g/mol. The molecule has 4 aromatic carbocycles. The quantitative estimate of drug-likeness (QED) is 0.101. The molecular formula is C50H49N7O7. The summed E-state index contributed by atoms with van der Waals surface area (Å²) in [5.41, 5.74) is 6.52. The van der Waals surface area contributed by atoms with Crippen molar-refractivity contribution in [2.75, 3.05) is 27.3 Å². The lowest BCUT2D eigenvalue weighted by Gasteiger charge is -2.37. The minimum absolute atomic E-state index is 0.0311. The number of imidazole rings is 2. The number of nitrogens with zero attached hydrogens (tertiary/aromatic N) is 4. The summed E-state index contributed by atoms with van der Waals surface area (Å²) in [7, 11) is 2.62. The van der Waals surface area contributed by atoms with E-state index >= 15 is 0 Å². The molecule has 2 aliphatic heterocycles. The first kappa shape index (κ1) is 41.9. The number of ether oxygens (including phenoxy) is 2. The van der Waals surface area contributed by atoms with E-state index in [1.165, 1.54) is 14.2 Å². The highest BCUT2D eigenvalue weighted by atomic mass is 16.5. The molecule has 326 valence electrons. The number of piperidine rings is 1. The van der Waals surface area contributed by atoms with E-state index in [1.807, 2.05) is 120 Å². The number of rotatable bonds is 12. The van der Waals surface area contributed by atoms with Gasteiger partial charge < -0.3 is 39.0 Å². The molecular weight excluding hydrogens is 811 g/mol. The molecule has 2 aliphatic rings. The molecule has 7 aromatic rings. The van der Waals surface area contributed by atoms with Gasteiger partial charge in [0.1, 0.15) is 29.0 Å². The number of alkyl carbamates (subject to hydrolysis) is 1. The topological polar surface area (TPSA) is 176 Å². The van der Waals surface area contributed by atoms with Crippen molar-refractivity contribution in [3.05, 3.63) is 144 Å². The molecule has 5 heterocycles. The second-order valence-electron chi connectivity index (χ2n) is 16.2. The number of hydrogen-bond acceptors (Lipinski definition) is 9. The van der Waals surface area contributed by atoms with E-state index in [4.69, 9.17) is 23.9 Å². The number of amides is 3. The molecule has 14 heteroatoms. The molecule has 0 unspecified atom stereocenters. The average Bonchev–Trinajstić information content (AvgIpc) is 4.20. The maximum absolute atomic E-state index is 14.1. The van der Waals surface area contributed by atoms with Gasteiger partial charge in [-0.05, 0) is 73.1 Å². The molecule has 0 saturated carbocycles. The molecule has 0 aliphatic carbocycles. The summed E-state index contributed by atoms with van der Waals surface area (Å²) >= 11 is 0. The van der Waals surface area contributed by atoms with Crippen LogP contribution in [-0.4, -0.2) is 80.9 Å². The molecule has 3 amide bonds. The zero-order chi connectivity index (χ0) is 44.2. The molecule has 3 N–H and O–H groups in total. The van der Waals surface area contributed by atoms with Crippen LogP contribution in [0.4, 0.5) is 4.79 Å². The van der Waals surface area contributed by atoms with Crippen LogP contribution in [0.15, 0.2) is 126 Å². The van der Waals surface area contributed by atoms with Crippen molar-refractivity contribution >= 4 is 34.8 Å². The fourth-order valence-electron chi connectivity index (χ4n) is 9.02. The monoisotopic (exact) mass is 859 g/mol. The number of carbonyl (C=O) groups excluding carboxylic acids is 4. The van der Waals surface area contributed by atoms with Crippen LogP contribution < -0.4 is 5.32 Å². The number of hydrogen-bond donors (Lipinski definition) is 3. The number of carbonyl (C=O) groups is 4. The van der Waals surface area contributed by atoms with Gasteiger partial charge in [0, 0.05) is 35.8 Å². The first-order valence-corrected chi connectivity index (χ1v) is 21.6. The number of methoxy groups -OCH3 is 2. The first-order valence-electron chi connectivity index (χ1n) is 21.6. The lowest BCUT2D eigenvalue weighted by molar-refractivity contribution is -0.146. The fraction of sp³-hybridized carbons (Fsp3) is 0.280. The van der Waals surface area contributed by atoms with Crippen molar-refractivity contribution < 1.29 is 33.1 Å². The van der Waals surface area contributed by atoms with Crippen LogP contribution in [0.1, 0.15) is 85.3 Å². The van der Waals surface area contributed by atoms with E-state index in [-0.39, 0.29) is 30.3 Å².